The largest absolute Gasteiger partial charge is 0.507 e. The van der Waals surface area contributed by atoms with Crippen molar-refractivity contribution in [1.82, 2.24) is 9.97 Å². The number of aromatic amines is 1. The molecule has 0 atom stereocenters. The summed E-state index contributed by atoms with van der Waals surface area (Å²) in [5.41, 5.74) is 3.69. The van der Waals surface area contributed by atoms with Crippen LogP contribution in [0.25, 0.3) is 11.3 Å². The highest BCUT2D eigenvalue weighted by molar-refractivity contribution is 9.10. The van der Waals surface area contributed by atoms with E-state index in [4.69, 9.17) is 0 Å². The van der Waals surface area contributed by atoms with Crippen molar-refractivity contribution in [2.45, 2.75) is 0 Å². The summed E-state index contributed by atoms with van der Waals surface area (Å²) in [5.74, 6) is 0.239. The minimum absolute atomic E-state index is 0.0619. The summed E-state index contributed by atoms with van der Waals surface area (Å²) < 4.78 is 0.540. The summed E-state index contributed by atoms with van der Waals surface area (Å²) in [5, 5.41) is 22.7. The first-order chi connectivity index (χ1) is 12.6. The molecule has 8 heteroatoms. The van der Waals surface area contributed by atoms with Gasteiger partial charge in [-0.25, -0.2) is 10.4 Å². The molecule has 0 aliphatic rings. The number of hydrazone groups is 1. The predicted octanol–water partition coefficient (Wildman–Crippen LogP) is 3.22. The molecule has 0 unspecified atom stereocenters. The van der Waals surface area contributed by atoms with Crippen LogP contribution in [0.2, 0.25) is 0 Å². The fraction of sp³-hybridized carbons (Fsp3) is 0. The number of nitriles is 1. The molecule has 1 heterocycles. The van der Waals surface area contributed by atoms with E-state index in [1.54, 1.807) is 36.4 Å². The van der Waals surface area contributed by atoms with Crippen LogP contribution < -0.4 is 11.0 Å². The van der Waals surface area contributed by atoms with Crippen molar-refractivity contribution >= 4 is 28.1 Å². The highest BCUT2D eigenvalue weighted by Gasteiger charge is 2.12. The Morgan fingerprint density at radius 3 is 2.73 bits per heavy atom. The summed E-state index contributed by atoms with van der Waals surface area (Å²) in [6.45, 7) is 0. The Bertz CT molecular complexity index is 1070. The van der Waals surface area contributed by atoms with Gasteiger partial charge < -0.3 is 5.11 Å². The molecular weight excluding hydrogens is 398 g/mol. The van der Waals surface area contributed by atoms with E-state index in [1.807, 2.05) is 12.1 Å². The summed E-state index contributed by atoms with van der Waals surface area (Å²) >= 11 is 3.22. The average Bonchev–Trinajstić information content (AvgIpc) is 2.65. The number of H-pyrrole nitrogens is 1. The number of nitrogens with zero attached hydrogens (tertiary/aromatic N) is 3. The van der Waals surface area contributed by atoms with Gasteiger partial charge in [0.1, 0.15) is 17.4 Å². The van der Waals surface area contributed by atoms with Gasteiger partial charge in [-0.05, 0) is 39.7 Å². The number of aromatic hydroxyl groups is 1. The number of benzene rings is 2. The molecule has 3 rings (SSSR count). The maximum absolute atomic E-state index is 12.1. The zero-order valence-corrected chi connectivity index (χ0v) is 14.9. The van der Waals surface area contributed by atoms with E-state index < -0.39 is 5.56 Å². The van der Waals surface area contributed by atoms with Crippen molar-refractivity contribution < 1.29 is 5.11 Å². The molecule has 0 radical (unpaired) electrons. The maximum atomic E-state index is 12.1. The van der Waals surface area contributed by atoms with Gasteiger partial charge in [-0.3, -0.25) is 9.78 Å². The van der Waals surface area contributed by atoms with Gasteiger partial charge in [-0.1, -0.05) is 30.3 Å². The van der Waals surface area contributed by atoms with Crippen LogP contribution in [-0.4, -0.2) is 21.3 Å². The van der Waals surface area contributed by atoms with Gasteiger partial charge in [0.25, 0.3) is 5.56 Å². The second-order valence-corrected chi connectivity index (χ2v) is 6.05. The lowest BCUT2D eigenvalue weighted by Gasteiger charge is -2.06. The van der Waals surface area contributed by atoms with Gasteiger partial charge in [0.15, 0.2) is 0 Å². The quantitative estimate of drug-likeness (QED) is 0.452. The summed E-state index contributed by atoms with van der Waals surface area (Å²) in [6, 6.07) is 15.7. The lowest BCUT2D eigenvalue weighted by molar-refractivity contribution is 0.472. The zero-order valence-electron chi connectivity index (χ0n) is 13.3. The molecule has 0 amide bonds. The number of hydrogen-bond acceptors (Lipinski definition) is 6. The first-order valence-electron chi connectivity index (χ1n) is 7.46. The van der Waals surface area contributed by atoms with Crippen molar-refractivity contribution in [2.24, 2.45) is 5.10 Å². The van der Waals surface area contributed by atoms with E-state index in [-0.39, 0.29) is 23.0 Å². The van der Waals surface area contributed by atoms with Crippen molar-refractivity contribution in [3.8, 4) is 23.1 Å². The molecule has 0 spiro atoms. The van der Waals surface area contributed by atoms with Crippen LogP contribution in [0.15, 0.2) is 62.9 Å². The molecule has 0 bridgehead atoms. The van der Waals surface area contributed by atoms with E-state index in [0.717, 1.165) is 5.56 Å². The van der Waals surface area contributed by atoms with Crippen molar-refractivity contribution in [3.05, 3.63) is 74.5 Å². The summed E-state index contributed by atoms with van der Waals surface area (Å²) in [6.07, 6.45) is 1.50. The lowest BCUT2D eigenvalue weighted by Crippen LogP contribution is -2.16. The van der Waals surface area contributed by atoms with Crippen LogP contribution in [0, 0.1) is 11.3 Å². The second kappa shape index (κ2) is 7.63. The maximum Gasteiger partial charge on any atom is 0.270 e. The Balaban J connectivity index is 1.90. The fourth-order valence-corrected chi connectivity index (χ4v) is 2.60. The minimum atomic E-state index is -0.550. The van der Waals surface area contributed by atoms with E-state index >= 15 is 0 Å². The monoisotopic (exact) mass is 409 g/mol. The van der Waals surface area contributed by atoms with Gasteiger partial charge in [-0.15, -0.1) is 0 Å². The Morgan fingerprint density at radius 1 is 1.27 bits per heavy atom. The molecule has 0 saturated heterocycles. The van der Waals surface area contributed by atoms with Crippen LogP contribution in [-0.2, 0) is 0 Å². The average molecular weight is 410 g/mol. The molecule has 128 valence electrons. The molecule has 7 nitrogen and oxygen atoms in total. The van der Waals surface area contributed by atoms with E-state index in [1.165, 1.54) is 12.3 Å². The third kappa shape index (κ3) is 3.79. The highest BCUT2D eigenvalue weighted by Crippen LogP contribution is 2.23. The summed E-state index contributed by atoms with van der Waals surface area (Å²) in [7, 11) is 0. The van der Waals surface area contributed by atoms with E-state index in [2.05, 4.69) is 36.4 Å². The molecular formula is C18H12BrN5O2. The smallest absolute Gasteiger partial charge is 0.270 e. The van der Waals surface area contributed by atoms with Gasteiger partial charge in [0.05, 0.1) is 16.4 Å². The molecule has 3 N–H and O–H groups in total. The SMILES string of the molecule is N#Cc1c(-c2ccccc2)nc(NN=Cc2ccc(O)c(Br)c2)[nH]c1=O. The molecule has 2 aromatic carbocycles. The number of rotatable bonds is 4. The number of aromatic nitrogens is 2. The number of hydrogen-bond donors (Lipinski definition) is 3. The van der Waals surface area contributed by atoms with Crippen LogP contribution in [0.1, 0.15) is 11.1 Å². The van der Waals surface area contributed by atoms with E-state index in [0.29, 0.717) is 10.0 Å². The lowest BCUT2D eigenvalue weighted by atomic mass is 10.1. The number of phenolic OH excluding ortho intramolecular Hbond substituents is 1. The molecule has 26 heavy (non-hydrogen) atoms. The first-order valence-corrected chi connectivity index (χ1v) is 8.25. The van der Waals surface area contributed by atoms with Crippen LogP contribution in [0.3, 0.4) is 0 Å². The fourth-order valence-electron chi connectivity index (χ4n) is 2.21. The van der Waals surface area contributed by atoms with Gasteiger partial charge in [0, 0.05) is 5.56 Å². The second-order valence-electron chi connectivity index (χ2n) is 5.20. The standard InChI is InChI=1S/C18H12BrN5O2/c19-14-8-11(6-7-15(14)25)10-21-24-18-22-16(12-4-2-1-3-5-12)13(9-20)17(26)23-18/h1-8,10,25H,(H2,22,23,24,26). The Hall–Kier alpha value is -3.44. The molecule has 0 aliphatic heterocycles. The van der Waals surface area contributed by atoms with E-state index in [9.17, 15) is 15.2 Å². The van der Waals surface area contributed by atoms with Crippen molar-refractivity contribution in [1.29, 1.82) is 5.26 Å². The van der Waals surface area contributed by atoms with Crippen molar-refractivity contribution in [2.75, 3.05) is 5.43 Å². The number of phenols is 1. The topological polar surface area (TPSA) is 114 Å². The molecule has 3 aromatic rings. The van der Waals surface area contributed by atoms with Gasteiger partial charge in [-0.2, -0.15) is 10.4 Å². The minimum Gasteiger partial charge on any atom is -0.507 e. The number of anilines is 1. The molecule has 0 aliphatic carbocycles. The Morgan fingerprint density at radius 2 is 2.04 bits per heavy atom. The Kier molecular flexibility index (Phi) is 5.10. The first kappa shape index (κ1) is 17.4. The Labute approximate surface area is 156 Å². The third-order valence-electron chi connectivity index (χ3n) is 3.43. The highest BCUT2D eigenvalue weighted by atomic mass is 79.9. The number of halogens is 1. The normalized spacial score (nSPS) is 10.6. The predicted molar refractivity (Wildman–Crippen MR) is 102 cm³/mol. The molecule has 0 saturated carbocycles. The molecule has 0 fully saturated rings. The third-order valence-corrected chi connectivity index (χ3v) is 4.07. The van der Waals surface area contributed by atoms with Gasteiger partial charge >= 0.3 is 0 Å². The number of nitrogens with one attached hydrogen (secondary N) is 2. The van der Waals surface area contributed by atoms with Crippen LogP contribution in [0.5, 0.6) is 5.75 Å². The van der Waals surface area contributed by atoms with Crippen molar-refractivity contribution in [3.63, 3.8) is 0 Å². The van der Waals surface area contributed by atoms with Crippen LogP contribution in [0.4, 0.5) is 5.95 Å². The molecule has 1 aromatic heterocycles. The van der Waals surface area contributed by atoms with Gasteiger partial charge in [0.2, 0.25) is 5.95 Å². The zero-order chi connectivity index (χ0) is 18.5. The summed E-state index contributed by atoms with van der Waals surface area (Å²) in [4.78, 5) is 18.9. The van der Waals surface area contributed by atoms with Crippen LogP contribution >= 0.6 is 15.9 Å².